The van der Waals surface area contributed by atoms with Gasteiger partial charge in [0.15, 0.2) is 11.5 Å². The Bertz CT molecular complexity index is 579. The SMILES string of the molecule is COc1cc(Cl)cc(CN)c1OCc1cccc(F)c1. The Balaban J connectivity index is 2.24. The standard InChI is InChI=1S/C15H15ClFNO2/c1-19-14-7-12(16)6-11(8-18)15(14)20-9-10-3-2-4-13(17)5-10/h2-7H,8-9,18H2,1H3. The summed E-state index contributed by atoms with van der Waals surface area (Å²) in [6, 6.07) is 9.61. The minimum absolute atomic E-state index is 0.225. The lowest BCUT2D eigenvalue weighted by Crippen LogP contribution is -2.05. The Morgan fingerprint density at radius 1 is 1.25 bits per heavy atom. The van der Waals surface area contributed by atoms with Crippen molar-refractivity contribution in [3.05, 3.63) is 58.4 Å². The van der Waals surface area contributed by atoms with Crippen LogP contribution in [0.2, 0.25) is 5.02 Å². The van der Waals surface area contributed by atoms with Crippen LogP contribution in [-0.4, -0.2) is 7.11 Å². The predicted octanol–water partition coefficient (Wildman–Crippen LogP) is 3.53. The number of benzene rings is 2. The first kappa shape index (κ1) is 14.6. The highest BCUT2D eigenvalue weighted by atomic mass is 35.5. The lowest BCUT2D eigenvalue weighted by molar-refractivity contribution is 0.281. The molecule has 106 valence electrons. The van der Waals surface area contributed by atoms with Crippen molar-refractivity contribution < 1.29 is 13.9 Å². The third-order valence-electron chi connectivity index (χ3n) is 2.81. The van der Waals surface area contributed by atoms with E-state index >= 15 is 0 Å². The number of ether oxygens (including phenoxy) is 2. The highest BCUT2D eigenvalue weighted by molar-refractivity contribution is 6.30. The monoisotopic (exact) mass is 295 g/mol. The van der Waals surface area contributed by atoms with Gasteiger partial charge in [-0.1, -0.05) is 23.7 Å². The summed E-state index contributed by atoms with van der Waals surface area (Å²) in [5, 5.41) is 0.528. The van der Waals surface area contributed by atoms with Gasteiger partial charge >= 0.3 is 0 Å². The van der Waals surface area contributed by atoms with Gasteiger partial charge < -0.3 is 15.2 Å². The highest BCUT2D eigenvalue weighted by Gasteiger charge is 2.12. The van der Waals surface area contributed by atoms with Gasteiger partial charge in [-0.25, -0.2) is 4.39 Å². The van der Waals surface area contributed by atoms with E-state index in [-0.39, 0.29) is 19.0 Å². The van der Waals surface area contributed by atoms with Gasteiger partial charge in [0.2, 0.25) is 0 Å². The fourth-order valence-corrected chi connectivity index (χ4v) is 2.10. The smallest absolute Gasteiger partial charge is 0.166 e. The van der Waals surface area contributed by atoms with E-state index in [1.807, 2.05) is 0 Å². The van der Waals surface area contributed by atoms with Crippen LogP contribution in [0.4, 0.5) is 4.39 Å². The van der Waals surface area contributed by atoms with Crippen molar-refractivity contribution in [2.24, 2.45) is 5.73 Å². The minimum Gasteiger partial charge on any atom is -0.493 e. The lowest BCUT2D eigenvalue weighted by atomic mass is 10.2. The normalized spacial score (nSPS) is 10.4. The van der Waals surface area contributed by atoms with Crippen LogP contribution >= 0.6 is 11.6 Å². The van der Waals surface area contributed by atoms with Gasteiger partial charge in [-0.15, -0.1) is 0 Å². The van der Waals surface area contributed by atoms with Gasteiger partial charge in [0.1, 0.15) is 12.4 Å². The summed E-state index contributed by atoms with van der Waals surface area (Å²) in [5.74, 6) is 0.742. The van der Waals surface area contributed by atoms with Gasteiger partial charge in [-0.05, 0) is 23.8 Å². The molecule has 2 aromatic carbocycles. The predicted molar refractivity (Wildman–Crippen MR) is 76.6 cm³/mol. The maximum absolute atomic E-state index is 13.1. The Kier molecular flexibility index (Phi) is 4.82. The van der Waals surface area contributed by atoms with Crippen molar-refractivity contribution in [3.63, 3.8) is 0 Å². The average molecular weight is 296 g/mol. The molecule has 0 saturated heterocycles. The summed E-state index contributed by atoms with van der Waals surface area (Å²) in [6.07, 6.45) is 0. The number of hydrogen-bond donors (Lipinski definition) is 1. The fourth-order valence-electron chi connectivity index (χ4n) is 1.87. The van der Waals surface area contributed by atoms with Crippen molar-refractivity contribution >= 4 is 11.6 Å². The lowest BCUT2D eigenvalue weighted by Gasteiger charge is -2.15. The van der Waals surface area contributed by atoms with Crippen LogP contribution in [0.25, 0.3) is 0 Å². The van der Waals surface area contributed by atoms with Crippen LogP contribution < -0.4 is 15.2 Å². The van der Waals surface area contributed by atoms with E-state index in [0.717, 1.165) is 11.1 Å². The summed E-state index contributed by atoms with van der Waals surface area (Å²) in [5.41, 5.74) is 7.15. The van der Waals surface area contributed by atoms with Crippen molar-refractivity contribution in [3.8, 4) is 11.5 Å². The summed E-state index contributed by atoms with van der Waals surface area (Å²) in [7, 11) is 1.53. The molecule has 0 fully saturated rings. The minimum atomic E-state index is -0.298. The molecule has 0 aliphatic carbocycles. The average Bonchev–Trinajstić information content (AvgIpc) is 2.45. The molecule has 20 heavy (non-hydrogen) atoms. The number of methoxy groups -OCH3 is 1. The van der Waals surface area contributed by atoms with Crippen molar-refractivity contribution in [1.82, 2.24) is 0 Å². The molecule has 0 unspecified atom stereocenters. The molecule has 0 bridgehead atoms. The Morgan fingerprint density at radius 2 is 2.05 bits per heavy atom. The fraction of sp³-hybridized carbons (Fsp3) is 0.200. The molecular weight excluding hydrogens is 281 g/mol. The van der Waals surface area contributed by atoms with E-state index in [9.17, 15) is 4.39 Å². The van der Waals surface area contributed by atoms with E-state index in [2.05, 4.69) is 0 Å². The second-order valence-electron chi connectivity index (χ2n) is 4.22. The van der Waals surface area contributed by atoms with Crippen LogP contribution in [0, 0.1) is 5.82 Å². The number of rotatable bonds is 5. The van der Waals surface area contributed by atoms with Crippen molar-refractivity contribution in [1.29, 1.82) is 0 Å². The van der Waals surface area contributed by atoms with Gasteiger partial charge in [0.05, 0.1) is 7.11 Å². The summed E-state index contributed by atoms with van der Waals surface area (Å²) in [4.78, 5) is 0. The molecule has 0 saturated carbocycles. The summed E-state index contributed by atoms with van der Waals surface area (Å²) < 4.78 is 24.1. The van der Waals surface area contributed by atoms with Crippen molar-refractivity contribution in [2.45, 2.75) is 13.2 Å². The molecule has 0 aliphatic heterocycles. The summed E-state index contributed by atoms with van der Waals surface area (Å²) >= 11 is 5.98. The molecule has 0 heterocycles. The zero-order chi connectivity index (χ0) is 14.5. The quantitative estimate of drug-likeness (QED) is 0.918. The molecule has 2 aromatic rings. The van der Waals surface area contributed by atoms with E-state index in [0.29, 0.717) is 16.5 Å². The maximum Gasteiger partial charge on any atom is 0.166 e. The van der Waals surface area contributed by atoms with Crippen LogP contribution in [0.15, 0.2) is 36.4 Å². The molecule has 0 spiro atoms. The second kappa shape index (κ2) is 6.59. The third-order valence-corrected chi connectivity index (χ3v) is 3.03. The molecule has 0 radical (unpaired) electrons. The Morgan fingerprint density at radius 3 is 2.70 bits per heavy atom. The number of hydrogen-bond acceptors (Lipinski definition) is 3. The first-order valence-corrected chi connectivity index (χ1v) is 6.45. The molecule has 2 N–H and O–H groups in total. The maximum atomic E-state index is 13.1. The number of halogens is 2. The van der Waals surface area contributed by atoms with E-state index in [1.165, 1.54) is 19.2 Å². The zero-order valence-electron chi connectivity index (χ0n) is 11.0. The molecule has 0 atom stereocenters. The summed E-state index contributed by atoms with van der Waals surface area (Å²) in [6.45, 7) is 0.498. The van der Waals surface area contributed by atoms with Crippen LogP contribution in [0.3, 0.4) is 0 Å². The molecule has 0 aliphatic rings. The largest absolute Gasteiger partial charge is 0.493 e. The molecule has 0 aromatic heterocycles. The Hall–Kier alpha value is -1.78. The van der Waals surface area contributed by atoms with E-state index < -0.39 is 0 Å². The highest BCUT2D eigenvalue weighted by Crippen LogP contribution is 2.35. The van der Waals surface area contributed by atoms with Crippen LogP contribution in [0.1, 0.15) is 11.1 Å². The molecule has 3 nitrogen and oxygen atoms in total. The second-order valence-corrected chi connectivity index (χ2v) is 4.66. The van der Waals surface area contributed by atoms with Crippen LogP contribution in [0.5, 0.6) is 11.5 Å². The topological polar surface area (TPSA) is 44.5 Å². The van der Waals surface area contributed by atoms with Gasteiger partial charge in [0, 0.05) is 23.2 Å². The first-order chi connectivity index (χ1) is 9.63. The van der Waals surface area contributed by atoms with Crippen LogP contribution in [-0.2, 0) is 13.2 Å². The molecule has 5 heteroatoms. The van der Waals surface area contributed by atoms with E-state index in [1.54, 1.807) is 24.3 Å². The molecular formula is C15H15ClFNO2. The van der Waals surface area contributed by atoms with E-state index in [4.69, 9.17) is 26.8 Å². The number of nitrogens with two attached hydrogens (primary N) is 1. The van der Waals surface area contributed by atoms with Crippen molar-refractivity contribution in [2.75, 3.05) is 7.11 Å². The Labute approximate surface area is 122 Å². The van der Waals surface area contributed by atoms with Gasteiger partial charge in [-0.3, -0.25) is 0 Å². The third kappa shape index (κ3) is 3.40. The zero-order valence-corrected chi connectivity index (χ0v) is 11.8. The molecule has 2 rings (SSSR count). The van der Waals surface area contributed by atoms with Gasteiger partial charge in [0.25, 0.3) is 0 Å². The van der Waals surface area contributed by atoms with Gasteiger partial charge in [-0.2, -0.15) is 0 Å². The molecule has 0 amide bonds. The first-order valence-electron chi connectivity index (χ1n) is 6.07.